The first kappa shape index (κ1) is 21.5. The van der Waals surface area contributed by atoms with Gasteiger partial charge in [0.15, 0.2) is 5.13 Å². The lowest BCUT2D eigenvalue weighted by Gasteiger charge is -2.16. The number of thiazole rings is 2. The molecule has 2 amide bonds. The summed E-state index contributed by atoms with van der Waals surface area (Å²) in [6.07, 6.45) is -3.53. The van der Waals surface area contributed by atoms with Crippen LogP contribution in [0, 0.1) is 0 Å². The third-order valence-electron chi connectivity index (χ3n) is 5.46. The Balaban J connectivity index is 1.34. The van der Waals surface area contributed by atoms with Gasteiger partial charge in [0.2, 0.25) is 5.91 Å². The van der Waals surface area contributed by atoms with Crippen LogP contribution >= 0.6 is 22.7 Å². The zero-order valence-electron chi connectivity index (χ0n) is 16.8. The maximum Gasteiger partial charge on any atom is 0.416 e. The van der Waals surface area contributed by atoms with E-state index in [1.807, 2.05) is 0 Å². The van der Waals surface area contributed by atoms with E-state index in [9.17, 15) is 22.8 Å². The average Bonchev–Trinajstić information content (AvgIpc) is 3.22. The summed E-state index contributed by atoms with van der Waals surface area (Å²) in [6, 6.07) is 10.1. The lowest BCUT2D eigenvalue weighted by Crippen LogP contribution is -2.28. The third kappa shape index (κ3) is 4.21. The molecule has 0 radical (unpaired) electrons. The van der Waals surface area contributed by atoms with E-state index in [0.717, 1.165) is 16.8 Å². The van der Waals surface area contributed by atoms with Gasteiger partial charge in [0, 0.05) is 11.1 Å². The van der Waals surface area contributed by atoms with Crippen molar-refractivity contribution in [1.29, 1.82) is 0 Å². The van der Waals surface area contributed by atoms with Crippen LogP contribution in [0.4, 0.5) is 24.0 Å². The largest absolute Gasteiger partial charge is 0.416 e. The molecule has 5 rings (SSSR count). The normalized spacial score (nSPS) is 14.8. The molecule has 1 fully saturated rings. The van der Waals surface area contributed by atoms with Gasteiger partial charge in [-0.2, -0.15) is 13.2 Å². The van der Waals surface area contributed by atoms with Crippen molar-refractivity contribution in [2.24, 2.45) is 0 Å². The summed E-state index contributed by atoms with van der Waals surface area (Å²) >= 11 is 2.54. The molecule has 0 spiro atoms. The van der Waals surface area contributed by atoms with Gasteiger partial charge in [0.25, 0.3) is 5.91 Å². The molecule has 2 aromatic heterocycles. The quantitative estimate of drug-likeness (QED) is 0.378. The van der Waals surface area contributed by atoms with Gasteiger partial charge < -0.3 is 10.6 Å². The number of amides is 2. The summed E-state index contributed by atoms with van der Waals surface area (Å²) in [6.45, 7) is 0. The molecule has 1 aliphatic carbocycles. The fourth-order valence-corrected chi connectivity index (χ4v) is 4.99. The Hall–Kier alpha value is -3.31. The van der Waals surface area contributed by atoms with E-state index in [1.54, 1.807) is 35.2 Å². The van der Waals surface area contributed by atoms with Crippen molar-refractivity contribution in [1.82, 2.24) is 9.97 Å². The van der Waals surface area contributed by atoms with Gasteiger partial charge in [0.05, 0.1) is 26.7 Å². The molecule has 0 aliphatic heterocycles. The highest BCUT2D eigenvalue weighted by molar-refractivity contribution is 7.22. The van der Waals surface area contributed by atoms with E-state index >= 15 is 0 Å². The number of nitrogens with zero attached hydrogens (tertiary/aromatic N) is 2. The molecule has 4 aromatic rings. The number of hydrogen-bond donors (Lipinski definition) is 2. The molecule has 0 atom stereocenters. The number of rotatable bonds is 5. The standard InChI is InChI=1S/C22H15F3N4O2S2/c23-22(24,25)13-3-1-2-12(8-13)21(6-7-21)19(31)29-20-28-15-5-4-14(9-17(15)33-20)27-18(30)16-10-32-11-26-16/h1-5,8-11H,6-7H2,(H,27,30)(H,28,29,31). The zero-order chi connectivity index (χ0) is 23.2. The van der Waals surface area contributed by atoms with Crippen LogP contribution in [-0.4, -0.2) is 21.8 Å². The molecule has 1 saturated carbocycles. The second-order valence-corrected chi connectivity index (χ2v) is 9.39. The van der Waals surface area contributed by atoms with Crippen LogP contribution in [0.2, 0.25) is 0 Å². The topological polar surface area (TPSA) is 84.0 Å². The van der Waals surface area contributed by atoms with E-state index in [0.29, 0.717) is 40.4 Å². The minimum Gasteiger partial charge on any atom is -0.321 e. The van der Waals surface area contributed by atoms with Gasteiger partial charge in [-0.25, -0.2) is 9.97 Å². The first-order valence-corrected chi connectivity index (χ1v) is 11.6. The number of nitrogens with one attached hydrogen (secondary N) is 2. The molecule has 0 bridgehead atoms. The number of alkyl halides is 3. The van der Waals surface area contributed by atoms with Crippen LogP contribution in [0.1, 0.15) is 34.5 Å². The molecule has 1 aliphatic rings. The molecule has 2 N–H and O–H groups in total. The number of benzene rings is 2. The summed E-state index contributed by atoms with van der Waals surface area (Å²) in [5.74, 6) is -0.705. The summed E-state index contributed by atoms with van der Waals surface area (Å²) < 4.78 is 40.0. The van der Waals surface area contributed by atoms with E-state index < -0.39 is 17.2 Å². The Kier molecular flexibility index (Phi) is 5.17. The molecule has 6 nitrogen and oxygen atoms in total. The number of hydrogen-bond acceptors (Lipinski definition) is 6. The predicted molar refractivity (Wildman–Crippen MR) is 121 cm³/mol. The number of carbonyl (C=O) groups excluding carboxylic acids is 2. The smallest absolute Gasteiger partial charge is 0.321 e. The summed E-state index contributed by atoms with van der Waals surface area (Å²) in [5, 5.41) is 7.52. The minimum atomic E-state index is -4.47. The molecule has 33 heavy (non-hydrogen) atoms. The Morgan fingerprint density at radius 3 is 2.58 bits per heavy atom. The molecule has 168 valence electrons. The second-order valence-electron chi connectivity index (χ2n) is 7.64. The summed E-state index contributed by atoms with van der Waals surface area (Å²) in [5.41, 5.74) is 1.68. The Labute approximate surface area is 193 Å². The number of aromatic nitrogens is 2. The van der Waals surface area contributed by atoms with Crippen molar-refractivity contribution in [3.63, 3.8) is 0 Å². The summed E-state index contributed by atoms with van der Waals surface area (Å²) in [7, 11) is 0. The van der Waals surface area contributed by atoms with Crippen molar-refractivity contribution in [2.75, 3.05) is 10.6 Å². The SMILES string of the molecule is O=C(Nc1ccc2nc(NC(=O)C3(c4cccc(C(F)(F)F)c4)CC3)sc2c1)c1cscn1. The van der Waals surface area contributed by atoms with E-state index in [1.165, 1.54) is 28.7 Å². The Morgan fingerprint density at radius 1 is 1.06 bits per heavy atom. The average molecular weight is 489 g/mol. The molecule has 0 saturated heterocycles. The van der Waals surface area contributed by atoms with E-state index in [2.05, 4.69) is 20.6 Å². The third-order valence-corrected chi connectivity index (χ3v) is 6.98. The van der Waals surface area contributed by atoms with Gasteiger partial charge in [-0.05, 0) is 42.7 Å². The highest BCUT2D eigenvalue weighted by Gasteiger charge is 2.52. The van der Waals surface area contributed by atoms with Gasteiger partial charge in [0.1, 0.15) is 5.69 Å². The number of anilines is 2. The van der Waals surface area contributed by atoms with Crippen molar-refractivity contribution in [3.05, 3.63) is 70.2 Å². The lowest BCUT2D eigenvalue weighted by molar-refractivity contribution is -0.137. The van der Waals surface area contributed by atoms with Gasteiger partial charge in [-0.3, -0.25) is 9.59 Å². The maximum absolute atomic E-state index is 13.1. The highest BCUT2D eigenvalue weighted by atomic mass is 32.1. The van der Waals surface area contributed by atoms with E-state index in [-0.39, 0.29) is 11.8 Å². The van der Waals surface area contributed by atoms with Crippen LogP contribution in [0.5, 0.6) is 0 Å². The Bertz CT molecular complexity index is 1360. The predicted octanol–water partition coefficient (Wildman–Crippen LogP) is 5.69. The minimum absolute atomic E-state index is 0.321. The summed E-state index contributed by atoms with van der Waals surface area (Å²) in [4.78, 5) is 33.6. The fraction of sp³-hybridized carbons (Fsp3) is 0.182. The fourth-order valence-electron chi connectivity index (χ4n) is 3.56. The maximum atomic E-state index is 13.1. The molecular formula is C22H15F3N4O2S2. The number of carbonyl (C=O) groups is 2. The molecule has 2 aromatic carbocycles. The van der Waals surface area contributed by atoms with Crippen LogP contribution in [-0.2, 0) is 16.4 Å². The van der Waals surface area contributed by atoms with Crippen molar-refractivity contribution < 1.29 is 22.8 Å². The second kappa shape index (κ2) is 7.92. The lowest BCUT2D eigenvalue weighted by atomic mass is 9.93. The molecule has 0 unspecified atom stereocenters. The number of halogens is 3. The number of fused-ring (bicyclic) bond motifs is 1. The van der Waals surface area contributed by atoms with Gasteiger partial charge in [-0.1, -0.05) is 29.5 Å². The first-order chi connectivity index (χ1) is 15.7. The Morgan fingerprint density at radius 2 is 1.88 bits per heavy atom. The zero-order valence-corrected chi connectivity index (χ0v) is 18.4. The first-order valence-electron chi connectivity index (χ1n) is 9.84. The van der Waals surface area contributed by atoms with Crippen molar-refractivity contribution in [3.8, 4) is 0 Å². The molecule has 2 heterocycles. The van der Waals surface area contributed by atoms with Gasteiger partial charge >= 0.3 is 6.18 Å². The van der Waals surface area contributed by atoms with E-state index in [4.69, 9.17) is 0 Å². The molecule has 11 heteroatoms. The van der Waals surface area contributed by atoms with Crippen LogP contribution in [0.15, 0.2) is 53.4 Å². The van der Waals surface area contributed by atoms with Gasteiger partial charge in [-0.15, -0.1) is 11.3 Å². The van der Waals surface area contributed by atoms with Crippen LogP contribution < -0.4 is 10.6 Å². The van der Waals surface area contributed by atoms with Crippen LogP contribution in [0.3, 0.4) is 0 Å². The van der Waals surface area contributed by atoms with Crippen molar-refractivity contribution in [2.45, 2.75) is 24.4 Å². The monoisotopic (exact) mass is 488 g/mol. The van der Waals surface area contributed by atoms with Crippen LogP contribution in [0.25, 0.3) is 10.2 Å². The molecular weight excluding hydrogens is 473 g/mol. The van der Waals surface area contributed by atoms with Crippen molar-refractivity contribution >= 4 is 55.5 Å². The highest BCUT2D eigenvalue weighted by Crippen LogP contribution is 2.50.